The molecule has 0 bridgehead atoms. The van der Waals surface area contributed by atoms with E-state index >= 15 is 0 Å². The molecule has 1 aromatic rings. The van der Waals surface area contributed by atoms with Gasteiger partial charge < -0.3 is 10.6 Å². The second kappa shape index (κ2) is 10.3. The predicted octanol–water partition coefficient (Wildman–Crippen LogP) is 2.28. The summed E-state index contributed by atoms with van der Waals surface area (Å²) in [7, 11) is -2.86. The summed E-state index contributed by atoms with van der Waals surface area (Å²) in [5.74, 6) is 1.11. The zero-order chi connectivity index (χ0) is 17.6. The highest BCUT2D eigenvalue weighted by atomic mass is 127. The molecule has 1 unspecified atom stereocenters. The zero-order valence-electron chi connectivity index (χ0n) is 14.7. The number of guanidine groups is 1. The van der Waals surface area contributed by atoms with E-state index in [1.165, 1.54) is 12.1 Å². The van der Waals surface area contributed by atoms with Gasteiger partial charge in [-0.1, -0.05) is 6.07 Å². The minimum atomic E-state index is -2.86. The van der Waals surface area contributed by atoms with Gasteiger partial charge in [-0.05, 0) is 55.9 Å². The summed E-state index contributed by atoms with van der Waals surface area (Å²) in [4.78, 5) is 4.50. The van der Waals surface area contributed by atoms with E-state index in [0.717, 1.165) is 24.1 Å². The number of aliphatic imine (C=N–C) groups is 1. The van der Waals surface area contributed by atoms with Crippen LogP contribution in [-0.2, 0) is 16.3 Å². The summed E-state index contributed by atoms with van der Waals surface area (Å²) in [6.45, 7) is 5.83. The maximum absolute atomic E-state index is 13.1. The Morgan fingerprint density at radius 1 is 1.36 bits per heavy atom. The van der Waals surface area contributed by atoms with Gasteiger partial charge in [0, 0.05) is 19.6 Å². The fourth-order valence-electron chi connectivity index (χ4n) is 2.83. The zero-order valence-corrected chi connectivity index (χ0v) is 17.9. The molecule has 0 aliphatic carbocycles. The van der Waals surface area contributed by atoms with Gasteiger partial charge in [0.05, 0.1) is 11.5 Å². The lowest BCUT2D eigenvalue weighted by atomic mass is 10.1. The maximum Gasteiger partial charge on any atom is 0.191 e. The Morgan fingerprint density at radius 3 is 2.72 bits per heavy atom. The number of hydrogen-bond acceptors (Lipinski definition) is 3. The maximum atomic E-state index is 13.1. The van der Waals surface area contributed by atoms with Crippen LogP contribution in [0.5, 0.6) is 0 Å². The van der Waals surface area contributed by atoms with E-state index in [1.54, 1.807) is 6.07 Å². The Morgan fingerprint density at radius 2 is 2.12 bits per heavy atom. The standard InChI is InChI=1S/C17H26FN3O2S.HI/c1-3-19-17(21-11-14-7-9-24(22,23)12-14)20-8-6-15-4-5-16(18)10-13(15)2;/h4-5,10,14H,3,6-9,11-12H2,1-2H3,(H2,19,20,21);1H. The van der Waals surface area contributed by atoms with Gasteiger partial charge in [0.15, 0.2) is 15.8 Å². The van der Waals surface area contributed by atoms with E-state index in [4.69, 9.17) is 0 Å². The summed E-state index contributed by atoms with van der Waals surface area (Å²) < 4.78 is 36.1. The van der Waals surface area contributed by atoms with Crippen molar-refractivity contribution in [2.45, 2.75) is 26.7 Å². The quantitative estimate of drug-likeness (QED) is 0.370. The number of aryl methyl sites for hydroxylation is 1. The average Bonchev–Trinajstić information content (AvgIpc) is 2.86. The Balaban J connectivity index is 0.00000312. The summed E-state index contributed by atoms with van der Waals surface area (Å²) in [6.07, 6.45) is 1.47. The molecule has 1 aromatic carbocycles. The molecule has 0 saturated carbocycles. The van der Waals surface area contributed by atoms with Crippen molar-refractivity contribution in [3.8, 4) is 0 Å². The molecular formula is C17H27FIN3O2S. The van der Waals surface area contributed by atoms with E-state index in [2.05, 4.69) is 15.6 Å². The molecule has 2 rings (SSSR count). The van der Waals surface area contributed by atoms with Crippen LogP contribution < -0.4 is 10.6 Å². The molecule has 0 spiro atoms. The third kappa shape index (κ3) is 7.47. The fraction of sp³-hybridized carbons (Fsp3) is 0.588. The van der Waals surface area contributed by atoms with Gasteiger partial charge in [-0.15, -0.1) is 24.0 Å². The number of hydrogen-bond donors (Lipinski definition) is 2. The first-order valence-corrected chi connectivity index (χ1v) is 10.2. The van der Waals surface area contributed by atoms with Crippen LogP contribution in [0.1, 0.15) is 24.5 Å². The highest BCUT2D eigenvalue weighted by Gasteiger charge is 2.27. The molecule has 8 heteroatoms. The van der Waals surface area contributed by atoms with Crippen LogP contribution in [0.15, 0.2) is 23.2 Å². The lowest BCUT2D eigenvalue weighted by Crippen LogP contribution is -2.38. The van der Waals surface area contributed by atoms with Crippen LogP contribution in [-0.4, -0.2) is 45.5 Å². The topological polar surface area (TPSA) is 70.6 Å². The number of benzene rings is 1. The van der Waals surface area contributed by atoms with Crippen molar-refractivity contribution < 1.29 is 12.8 Å². The summed E-state index contributed by atoms with van der Waals surface area (Å²) in [6, 6.07) is 4.82. The molecule has 0 amide bonds. The third-order valence-electron chi connectivity index (χ3n) is 4.17. The average molecular weight is 483 g/mol. The third-order valence-corrected chi connectivity index (χ3v) is 6.01. The Hall–Kier alpha value is -0.900. The summed E-state index contributed by atoms with van der Waals surface area (Å²) in [5.41, 5.74) is 2.04. The molecule has 0 aromatic heterocycles. The minimum Gasteiger partial charge on any atom is -0.357 e. The summed E-state index contributed by atoms with van der Waals surface area (Å²) in [5, 5.41) is 6.42. The number of halogens is 2. The number of rotatable bonds is 6. The second-order valence-corrected chi connectivity index (χ2v) is 8.46. The highest BCUT2D eigenvalue weighted by molar-refractivity contribution is 14.0. The smallest absolute Gasteiger partial charge is 0.191 e. The first kappa shape index (κ1) is 22.1. The molecular weight excluding hydrogens is 456 g/mol. The Labute approximate surface area is 166 Å². The molecule has 1 aliphatic heterocycles. The molecule has 1 saturated heterocycles. The van der Waals surface area contributed by atoms with Crippen LogP contribution in [0.25, 0.3) is 0 Å². The molecule has 1 fully saturated rings. The van der Waals surface area contributed by atoms with Gasteiger partial charge in [0.25, 0.3) is 0 Å². The molecule has 25 heavy (non-hydrogen) atoms. The van der Waals surface area contributed by atoms with Crippen molar-refractivity contribution in [2.75, 3.05) is 31.1 Å². The van der Waals surface area contributed by atoms with Gasteiger partial charge in [-0.3, -0.25) is 4.99 Å². The van der Waals surface area contributed by atoms with Crippen molar-refractivity contribution in [3.05, 3.63) is 35.1 Å². The second-order valence-electron chi connectivity index (χ2n) is 6.24. The van der Waals surface area contributed by atoms with Crippen LogP contribution in [0.2, 0.25) is 0 Å². The summed E-state index contributed by atoms with van der Waals surface area (Å²) >= 11 is 0. The van der Waals surface area contributed by atoms with Crippen molar-refractivity contribution >= 4 is 39.8 Å². The molecule has 0 radical (unpaired) electrons. The van der Waals surface area contributed by atoms with Crippen molar-refractivity contribution in [1.29, 1.82) is 0 Å². The Kier molecular flexibility index (Phi) is 9.12. The monoisotopic (exact) mass is 483 g/mol. The molecule has 142 valence electrons. The first-order valence-electron chi connectivity index (χ1n) is 8.37. The van der Waals surface area contributed by atoms with Crippen LogP contribution in [0.4, 0.5) is 4.39 Å². The molecule has 5 nitrogen and oxygen atoms in total. The van der Waals surface area contributed by atoms with Gasteiger partial charge in [0.2, 0.25) is 0 Å². The van der Waals surface area contributed by atoms with Gasteiger partial charge >= 0.3 is 0 Å². The van der Waals surface area contributed by atoms with Gasteiger partial charge in [0.1, 0.15) is 5.82 Å². The van der Waals surface area contributed by atoms with Crippen molar-refractivity contribution in [1.82, 2.24) is 10.6 Å². The lowest BCUT2D eigenvalue weighted by Gasteiger charge is -2.13. The first-order chi connectivity index (χ1) is 11.4. The van der Waals surface area contributed by atoms with Gasteiger partial charge in [-0.25, -0.2) is 12.8 Å². The Bertz CT molecular complexity index is 695. The SMILES string of the molecule is CCNC(=NCC1CCS(=O)(=O)C1)NCCc1ccc(F)cc1C.I. The van der Waals surface area contributed by atoms with Crippen molar-refractivity contribution in [2.24, 2.45) is 10.9 Å². The number of nitrogens with one attached hydrogen (secondary N) is 2. The van der Waals surface area contributed by atoms with Crippen LogP contribution in [0, 0.1) is 18.7 Å². The normalized spacial score (nSPS) is 19.3. The highest BCUT2D eigenvalue weighted by Crippen LogP contribution is 2.18. The lowest BCUT2D eigenvalue weighted by molar-refractivity contribution is 0.589. The predicted molar refractivity (Wildman–Crippen MR) is 111 cm³/mol. The molecule has 1 atom stereocenters. The van der Waals surface area contributed by atoms with Crippen LogP contribution >= 0.6 is 24.0 Å². The minimum absolute atomic E-state index is 0. The fourth-order valence-corrected chi connectivity index (χ4v) is 4.68. The van der Waals surface area contributed by atoms with E-state index < -0.39 is 9.84 Å². The largest absolute Gasteiger partial charge is 0.357 e. The molecule has 1 heterocycles. The van der Waals surface area contributed by atoms with E-state index in [1.807, 2.05) is 13.8 Å². The van der Waals surface area contributed by atoms with E-state index in [0.29, 0.717) is 25.5 Å². The van der Waals surface area contributed by atoms with Crippen LogP contribution in [0.3, 0.4) is 0 Å². The number of nitrogens with zero attached hydrogens (tertiary/aromatic N) is 1. The van der Waals surface area contributed by atoms with Gasteiger partial charge in [-0.2, -0.15) is 0 Å². The molecule has 1 aliphatic rings. The van der Waals surface area contributed by atoms with E-state index in [-0.39, 0.29) is 47.2 Å². The number of sulfone groups is 1. The van der Waals surface area contributed by atoms with E-state index in [9.17, 15) is 12.8 Å². The van der Waals surface area contributed by atoms with Crippen molar-refractivity contribution in [3.63, 3.8) is 0 Å². The molecule has 2 N–H and O–H groups in total.